The zero-order chi connectivity index (χ0) is 14.9. The van der Waals surface area contributed by atoms with E-state index in [9.17, 15) is 13.2 Å². The first-order valence-corrected chi connectivity index (χ1v) is 9.02. The molecule has 0 aliphatic heterocycles. The maximum Gasteiger partial charge on any atom is 0.268 e. The summed E-state index contributed by atoms with van der Waals surface area (Å²) in [6.45, 7) is 2.00. The first kappa shape index (κ1) is 15.4. The van der Waals surface area contributed by atoms with E-state index in [2.05, 4.69) is 5.32 Å². The van der Waals surface area contributed by atoms with E-state index in [0.29, 0.717) is 11.6 Å². The highest BCUT2D eigenvalue weighted by Crippen LogP contribution is 2.27. The fraction of sp³-hybridized carbons (Fsp3) is 0.615. The summed E-state index contributed by atoms with van der Waals surface area (Å²) in [4.78, 5) is 12.1. The molecule has 0 spiro atoms. The Morgan fingerprint density at radius 1 is 1.45 bits per heavy atom. The monoisotopic (exact) mass is 318 g/mol. The molecule has 1 aliphatic rings. The molecule has 20 heavy (non-hydrogen) atoms. The lowest BCUT2D eigenvalue weighted by Crippen LogP contribution is -2.37. The number of amides is 1. The molecular formula is C13H19ClN2O3S. The van der Waals surface area contributed by atoms with Crippen molar-refractivity contribution in [2.45, 2.75) is 43.5 Å². The van der Waals surface area contributed by atoms with Crippen LogP contribution in [0, 0.1) is 5.92 Å². The van der Waals surface area contributed by atoms with Crippen LogP contribution in [0.1, 0.15) is 43.1 Å². The Hall–Kier alpha value is -1.01. The van der Waals surface area contributed by atoms with Gasteiger partial charge in [0.15, 0.2) is 0 Å². The van der Waals surface area contributed by atoms with Crippen LogP contribution in [0.2, 0.25) is 0 Å². The molecule has 1 heterocycles. The minimum absolute atomic E-state index is 0.0552. The maximum atomic E-state index is 12.2. The number of aromatic nitrogens is 1. The minimum atomic E-state index is -3.81. The van der Waals surface area contributed by atoms with Crippen molar-refractivity contribution in [3.8, 4) is 0 Å². The largest absolute Gasteiger partial charge is 0.348 e. The fourth-order valence-electron chi connectivity index (χ4n) is 2.75. The molecule has 1 fully saturated rings. The molecule has 1 saturated carbocycles. The third-order valence-corrected chi connectivity index (χ3v) is 5.28. The van der Waals surface area contributed by atoms with Gasteiger partial charge in [0.1, 0.15) is 10.6 Å². The SMILES string of the molecule is CC(NC(=O)c1cc(S(=O)(=O)Cl)cn1C)C1CCCC1. The maximum absolute atomic E-state index is 12.2. The van der Waals surface area contributed by atoms with Crippen molar-refractivity contribution in [3.05, 3.63) is 18.0 Å². The number of carbonyl (C=O) groups is 1. The van der Waals surface area contributed by atoms with E-state index in [-0.39, 0.29) is 16.8 Å². The second-order valence-electron chi connectivity index (χ2n) is 5.42. The average molecular weight is 319 g/mol. The van der Waals surface area contributed by atoms with E-state index in [1.807, 2.05) is 6.92 Å². The Bertz CT molecular complexity index is 603. The number of halogens is 1. The highest BCUT2D eigenvalue weighted by atomic mass is 35.7. The lowest BCUT2D eigenvalue weighted by molar-refractivity contribution is 0.0919. The van der Waals surface area contributed by atoms with Crippen molar-refractivity contribution in [3.63, 3.8) is 0 Å². The second kappa shape index (κ2) is 5.77. The quantitative estimate of drug-likeness (QED) is 0.866. The summed E-state index contributed by atoms with van der Waals surface area (Å²) in [6.07, 6.45) is 6.04. The smallest absolute Gasteiger partial charge is 0.268 e. The van der Waals surface area contributed by atoms with Crippen molar-refractivity contribution in [1.29, 1.82) is 0 Å². The van der Waals surface area contributed by atoms with Crippen LogP contribution in [0.15, 0.2) is 17.2 Å². The van der Waals surface area contributed by atoms with E-state index in [0.717, 1.165) is 12.8 Å². The lowest BCUT2D eigenvalue weighted by atomic mass is 10.00. The van der Waals surface area contributed by atoms with Gasteiger partial charge in [-0.1, -0.05) is 12.8 Å². The summed E-state index contributed by atoms with van der Waals surface area (Å²) >= 11 is 0. The Labute approximate surface area is 123 Å². The summed E-state index contributed by atoms with van der Waals surface area (Å²) < 4.78 is 24.0. The van der Waals surface area contributed by atoms with Crippen LogP contribution < -0.4 is 5.32 Å². The lowest BCUT2D eigenvalue weighted by Gasteiger charge is -2.20. The molecule has 1 aliphatic carbocycles. The first-order valence-electron chi connectivity index (χ1n) is 6.71. The Balaban J connectivity index is 2.11. The van der Waals surface area contributed by atoms with Crippen LogP contribution >= 0.6 is 10.7 Å². The van der Waals surface area contributed by atoms with Gasteiger partial charge in [0.2, 0.25) is 0 Å². The minimum Gasteiger partial charge on any atom is -0.348 e. The number of hydrogen-bond acceptors (Lipinski definition) is 3. The van der Waals surface area contributed by atoms with Gasteiger partial charge in [-0.05, 0) is 31.7 Å². The van der Waals surface area contributed by atoms with Gasteiger partial charge in [-0.25, -0.2) is 8.42 Å². The van der Waals surface area contributed by atoms with Crippen molar-refractivity contribution in [1.82, 2.24) is 9.88 Å². The van der Waals surface area contributed by atoms with E-state index >= 15 is 0 Å². The fourth-order valence-corrected chi connectivity index (χ4v) is 3.54. The van der Waals surface area contributed by atoms with Crippen molar-refractivity contribution in [2.24, 2.45) is 13.0 Å². The molecule has 1 aromatic rings. The first-order chi connectivity index (χ1) is 9.29. The molecule has 1 amide bonds. The zero-order valence-electron chi connectivity index (χ0n) is 11.6. The molecule has 1 atom stereocenters. The van der Waals surface area contributed by atoms with Crippen LogP contribution in [0.5, 0.6) is 0 Å². The molecule has 1 N–H and O–H groups in total. The molecule has 1 unspecified atom stereocenters. The summed E-state index contributed by atoms with van der Waals surface area (Å²) in [5.41, 5.74) is 0.300. The standard InChI is InChI=1S/C13H19ClN2O3S/c1-9(10-5-3-4-6-10)15-13(17)12-7-11(8-16(12)2)20(14,18)19/h7-10H,3-6H2,1-2H3,(H,15,17). The van der Waals surface area contributed by atoms with Crippen LogP contribution in [-0.4, -0.2) is 24.9 Å². The topological polar surface area (TPSA) is 68.2 Å². The number of carbonyl (C=O) groups excluding carboxylic acids is 1. The molecule has 1 aromatic heterocycles. The second-order valence-corrected chi connectivity index (χ2v) is 7.98. The van der Waals surface area contributed by atoms with Gasteiger partial charge < -0.3 is 9.88 Å². The van der Waals surface area contributed by atoms with E-state index < -0.39 is 9.05 Å². The Kier molecular flexibility index (Phi) is 4.44. The molecule has 0 saturated heterocycles. The molecule has 0 aromatic carbocycles. The molecule has 7 heteroatoms. The van der Waals surface area contributed by atoms with Gasteiger partial charge in [0, 0.05) is 30.0 Å². The van der Waals surface area contributed by atoms with Crippen LogP contribution in [-0.2, 0) is 16.1 Å². The van der Waals surface area contributed by atoms with Gasteiger partial charge in [0.25, 0.3) is 15.0 Å². The highest BCUT2D eigenvalue weighted by molar-refractivity contribution is 8.13. The summed E-state index contributed by atoms with van der Waals surface area (Å²) in [5, 5.41) is 2.95. The molecule has 0 radical (unpaired) electrons. The third kappa shape index (κ3) is 3.35. The molecule has 5 nitrogen and oxygen atoms in total. The normalized spacial score (nSPS) is 18.1. The summed E-state index contributed by atoms with van der Waals surface area (Å²) in [7, 11) is 3.10. The van der Waals surface area contributed by atoms with Crippen LogP contribution in [0.3, 0.4) is 0 Å². The highest BCUT2D eigenvalue weighted by Gasteiger charge is 2.25. The van der Waals surface area contributed by atoms with Crippen LogP contribution in [0.25, 0.3) is 0 Å². The van der Waals surface area contributed by atoms with E-state index in [1.165, 1.54) is 29.7 Å². The third-order valence-electron chi connectivity index (χ3n) is 3.96. The van der Waals surface area contributed by atoms with Gasteiger partial charge in [-0.3, -0.25) is 4.79 Å². The average Bonchev–Trinajstić information content (AvgIpc) is 2.95. The van der Waals surface area contributed by atoms with E-state index in [1.54, 1.807) is 7.05 Å². The van der Waals surface area contributed by atoms with Gasteiger partial charge in [0.05, 0.1) is 0 Å². The molecule has 2 rings (SSSR count). The Morgan fingerprint density at radius 2 is 2.05 bits per heavy atom. The van der Waals surface area contributed by atoms with Crippen molar-refractivity contribution >= 4 is 25.6 Å². The number of nitrogens with zero attached hydrogens (tertiary/aromatic N) is 1. The van der Waals surface area contributed by atoms with Crippen molar-refractivity contribution < 1.29 is 13.2 Å². The van der Waals surface area contributed by atoms with E-state index in [4.69, 9.17) is 10.7 Å². The molecular weight excluding hydrogens is 300 g/mol. The zero-order valence-corrected chi connectivity index (χ0v) is 13.2. The number of aryl methyl sites for hydroxylation is 1. The van der Waals surface area contributed by atoms with Crippen LogP contribution in [0.4, 0.5) is 0 Å². The molecule has 112 valence electrons. The Morgan fingerprint density at radius 3 is 2.55 bits per heavy atom. The number of nitrogens with one attached hydrogen (secondary N) is 1. The predicted molar refractivity (Wildman–Crippen MR) is 77.3 cm³/mol. The van der Waals surface area contributed by atoms with Gasteiger partial charge in [-0.15, -0.1) is 0 Å². The predicted octanol–water partition coefficient (Wildman–Crippen LogP) is 2.26. The number of hydrogen-bond donors (Lipinski definition) is 1. The van der Waals surface area contributed by atoms with Crippen molar-refractivity contribution in [2.75, 3.05) is 0 Å². The van der Waals surface area contributed by atoms with Gasteiger partial charge in [-0.2, -0.15) is 0 Å². The van der Waals surface area contributed by atoms with Gasteiger partial charge >= 0.3 is 0 Å². The number of rotatable bonds is 4. The molecule has 0 bridgehead atoms. The summed E-state index contributed by atoms with van der Waals surface area (Å²) in [5.74, 6) is 0.244. The summed E-state index contributed by atoms with van der Waals surface area (Å²) in [6, 6.07) is 1.40.